The molecule has 7 heteroatoms. The van der Waals surface area contributed by atoms with Gasteiger partial charge < -0.3 is 19.5 Å². The summed E-state index contributed by atoms with van der Waals surface area (Å²) in [6.07, 6.45) is 1.93. The summed E-state index contributed by atoms with van der Waals surface area (Å²) in [7, 11) is 3.18. The summed E-state index contributed by atoms with van der Waals surface area (Å²) in [6, 6.07) is 4.98. The molecular weight excluding hydrogens is 328 g/mol. The Morgan fingerprint density at radius 3 is 2.67 bits per heavy atom. The molecule has 0 amide bonds. The molecule has 1 aromatic carbocycles. The fraction of sp³-hybridized carbons (Fsp3) is 0.412. The van der Waals surface area contributed by atoms with Gasteiger partial charge in [-0.05, 0) is 32.2 Å². The number of allylic oxidation sites excluding steroid dienone is 1. The predicted molar refractivity (Wildman–Crippen MR) is 95.7 cm³/mol. The van der Waals surface area contributed by atoms with Crippen LogP contribution in [0.4, 0.5) is 0 Å². The number of methoxy groups -OCH3 is 2. The number of nitrogens with one attached hydrogen (secondary N) is 1. The van der Waals surface area contributed by atoms with E-state index < -0.39 is 6.04 Å². The van der Waals surface area contributed by atoms with Crippen molar-refractivity contribution in [3.63, 3.8) is 0 Å². The molecule has 0 saturated carbocycles. The van der Waals surface area contributed by atoms with Gasteiger partial charge in [0.05, 0.1) is 26.4 Å². The lowest BCUT2D eigenvalue weighted by Gasteiger charge is -2.26. The Kier molecular flexibility index (Phi) is 6.14. The third-order valence-corrected chi connectivity index (χ3v) is 4.24. The summed E-state index contributed by atoms with van der Waals surface area (Å²) >= 11 is 1.48. The number of hydrogen-bond donors (Lipinski definition) is 1. The summed E-state index contributed by atoms with van der Waals surface area (Å²) in [6.45, 7) is 3.94. The van der Waals surface area contributed by atoms with Gasteiger partial charge in [-0.2, -0.15) is 0 Å². The maximum absolute atomic E-state index is 12.4. The normalized spacial score (nSPS) is 17.0. The van der Waals surface area contributed by atoms with Gasteiger partial charge in [-0.3, -0.25) is 0 Å². The van der Waals surface area contributed by atoms with Crippen LogP contribution in [0.3, 0.4) is 0 Å². The van der Waals surface area contributed by atoms with E-state index in [9.17, 15) is 4.79 Å². The SMILES string of the molecule is CCOC(=O)C1=C(C)NC(SC)=N[C@H]1c1ccc(OC)cc1OC. The van der Waals surface area contributed by atoms with Crippen LogP contribution in [-0.2, 0) is 9.53 Å². The molecule has 0 spiro atoms. The molecular formula is C17H22N2O4S. The van der Waals surface area contributed by atoms with Crippen molar-refractivity contribution in [3.8, 4) is 11.5 Å². The quantitative estimate of drug-likeness (QED) is 0.824. The fourth-order valence-corrected chi connectivity index (χ4v) is 2.96. The van der Waals surface area contributed by atoms with Crippen molar-refractivity contribution in [2.45, 2.75) is 19.9 Å². The van der Waals surface area contributed by atoms with E-state index in [1.807, 2.05) is 25.3 Å². The Balaban J connectivity index is 2.55. The summed E-state index contributed by atoms with van der Waals surface area (Å²) < 4.78 is 15.9. The molecule has 1 aliphatic rings. The van der Waals surface area contributed by atoms with Crippen LogP contribution < -0.4 is 14.8 Å². The van der Waals surface area contributed by atoms with Gasteiger partial charge in [0.2, 0.25) is 0 Å². The minimum absolute atomic E-state index is 0.307. The number of esters is 1. The average Bonchev–Trinajstić information content (AvgIpc) is 2.60. The molecule has 130 valence electrons. The van der Waals surface area contributed by atoms with E-state index in [0.717, 1.165) is 16.4 Å². The highest BCUT2D eigenvalue weighted by Crippen LogP contribution is 2.38. The zero-order chi connectivity index (χ0) is 17.7. The van der Waals surface area contributed by atoms with Gasteiger partial charge in [0.15, 0.2) is 5.17 Å². The zero-order valence-electron chi connectivity index (χ0n) is 14.5. The molecule has 24 heavy (non-hydrogen) atoms. The first-order chi connectivity index (χ1) is 11.5. The molecule has 0 saturated heterocycles. The predicted octanol–water partition coefficient (Wildman–Crippen LogP) is 2.90. The second-order valence-electron chi connectivity index (χ2n) is 5.03. The standard InChI is InChI=1S/C17H22N2O4S/c1-6-23-16(20)14-10(2)18-17(24-5)19-15(14)12-8-7-11(21-3)9-13(12)22-4/h7-9,15H,6H2,1-5H3,(H,18,19)/t15-/m0/s1. The van der Waals surface area contributed by atoms with Crippen LogP contribution in [0.25, 0.3) is 0 Å². The zero-order valence-corrected chi connectivity index (χ0v) is 15.3. The number of ether oxygens (including phenoxy) is 3. The number of hydrogen-bond acceptors (Lipinski definition) is 7. The monoisotopic (exact) mass is 350 g/mol. The van der Waals surface area contributed by atoms with Crippen molar-refractivity contribution in [1.29, 1.82) is 0 Å². The highest BCUT2D eigenvalue weighted by molar-refractivity contribution is 8.13. The number of rotatable bonds is 5. The van der Waals surface area contributed by atoms with Gasteiger partial charge in [0, 0.05) is 17.3 Å². The molecule has 0 aliphatic carbocycles. The van der Waals surface area contributed by atoms with E-state index in [-0.39, 0.29) is 5.97 Å². The highest BCUT2D eigenvalue weighted by Gasteiger charge is 2.32. The Labute approximate surface area is 146 Å². The molecule has 6 nitrogen and oxygen atoms in total. The van der Waals surface area contributed by atoms with E-state index in [1.165, 1.54) is 11.8 Å². The van der Waals surface area contributed by atoms with Gasteiger partial charge in [0.1, 0.15) is 17.5 Å². The van der Waals surface area contributed by atoms with Crippen LogP contribution in [0.1, 0.15) is 25.5 Å². The molecule has 0 fully saturated rings. The molecule has 0 unspecified atom stereocenters. The van der Waals surface area contributed by atoms with Crippen LogP contribution in [-0.4, -0.2) is 38.2 Å². The number of carbonyl (C=O) groups excluding carboxylic acids is 1. The molecule has 0 bridgehead atoms. The maximum Gasteiger partial charge on any atom is 0.338 e. The minimum Gasteiger partial charge on any atom is -0.497 e. The van der Waals surface area contributed by atoms with E-state index in [4.69, 9.17) is 14.2 Å². The number of aliphatic imine (C=N–C) groups is 1. The van der Waals surface area contributed by atoms with Gasteiger partial charge in [0.25, 0.3) is 0 Å². The van der Waals surface area contributed by atoms with Crippen LogP contribution in [0.15, 0.2) is 34.5 Å². The van der Waals surface area contributed by atoms with E-state index in [0.29, 0.717) is 23.7 Å². The Hall–Kier alpha value is -2.15. The first-order valence-electron chi connectivity index (χ1n) is 7.54. The van der Waals surface area contributed by atoms with Crippen molar-refractivity contribution < 1.29 is 19.0 Å². The lowest BCUT2D eigenvalue weighted by molar-refractivity contribution is -0.138. The third-order valence-electron chi connectivity index (χ3n) is 3.64. The van der Waals surface area contributed by atoms with Gasteiger partial charge in [-0.15, -0.1) is 0 Å². The molecule has 1 heterocycles. The second kappa shape index (κ2) is 8.10. The van der Waals surface area contributed by atoms with Crippen molar-refractivity contribution >= 4 is 22.9 Å². The first kappa shape index (κ1) is 18.2. The van der Waals surface area contributed by atoms with Crippen LogP contribution in [0.2, 0.25) is 0 Å². The highest BCUT2D eigenvalue weighted by atomic mass is 32.2. The van der Waals surface area contributed by atoms with Crippen LogP contribution in [0.5, 0.6) is 11.5 Å². The number of thioether (sulfide) groups is 1. The first-order valence-corrected chi connectivity index (χ1v) is 8.76. The minimum atomic E-state index is -0.492. The molecule has 1 N–H and O–H groups in total. The number of benzene rings is 1. The topological polar surface area (TPSA) is 69.2 Å². The van der Waals surface area contributed by atoms with Gasteiger partial charge in [-0.1, -0.05) is 11.8 Å². The summed E-state index contributed by atoms with van der Waals surface area (Å²) in [5.41, 5.74) is 2.00. The summed E-state index contributed by atoms with van der Waals surface area (Å²) in [4.78, 5) is 17.1. The van der Waals surface area contributed by atoms with Crippen molar-refractivity contribution in [3.05, 3.63) is 35.0 Å². The fourth-order valence-electron chi connectivity index (χ4n) is 2.49. The molecule has 0 aromatic heterocycles. The number of amidine groups is 1. The number of nitrogens with zero attached hydrogens (tertiary/aromatic N) is 1. The van der Waals surface area contributed by atoms with Crippen molar-refractivity contribution in [2.75, 3.05) is 27.1 Å². The largest absolute Gasteiger partial charge is 0.497 e. The van der Waals surface area contributed by atoms with E-state index >= 15 is 0 Å². The van der Waals surface area contributed by atoms with E-state index in [2.05, 4.69) is 10.3 Å². The lowest BCUT2D eigenvalue weighted by atomic mass is 9.95. The van der Waals surface area contributed by atoms with Gasteiger partial charge >= 0.3 is 5.97 Å². The lowest BCUT2D eigenvalue weighted by Crippen LogP contribution is -2.30. The molecule has 1 aliphatic heterocycles. The van der Waals surface area contributed by atoms with E-state index in [1.54, 1.807) is 27.2 Å². The molecule has 1 atom stereocenters. The van der Waals surface area contributed by atoms with Gasteiger partial charge in [-0.25, -0.2) is 9.79 Å². The molecule has 0 radical (unpaired) electrons. The number of carbonyl (C=O) groups is 1. The summed E-state index contributed by atoms with van der Waals surface area (Å²) in [5.74, 6) is 0.909. The maximum atomic E-state index is 12.4. The Bertz CT molecular complexity index is 685. The average molecular weight is 350 g/mol. The second-order valence-corrected chi connectivity index (χ2v) is 5.83. The molecule has 1 aromatic rings. The smallest absolute Gasteiger partial charge is 0.338 e. The van der Waals surface area contributed by atoms with Crippen LogP contribution >= 0.6 is 11.8 Å². The Morgan fingerprint density at radius 1 is 1.33 bits per heavy atom. The van der Waals surface area contributed by atoms with Crippen LogP contribution in [0, 0.1) is 0 Å². The van der Waals surface area contributed by atoms with Crippen molar-refractivity contribution in [1.82, 2.24) is 5.32 Å². The van der Waals surface area contributed by atoms with Crippen molar-refractivity contribution in [2.24, 2.45) is 4.99 Å². The molecule has 2 rings (SSSR count). The third kappa shape index (κ3) is 3.67. The Morgan fingerprint density at radius 2 is 2.08 bits per heavy atom. The summed E-state index contributed by atoms with van der Waals surface area (Å²) in [5, 5.41) is 3.88.